The monoisotopic (exact) mass is 411 g/mol. The van der Waals surface area contributed by atoms with Crippen LogP contribution in [0, 0.1) is 0 Å². The van der Waals surface area contributed by atoms with Crippen molar-refractivity contribution in [1.82, 2.24) is 0 Å². The molecule has 146 valence electrons. The highest BCUT2D eigenvalue weighted by atomic mass is 35.5. The average molecular weight is 412 g/mol. The molecule has 0 unspecified atom stereocenters. The van der Waals surface area contributed by atoms with E-state index in [1.165, 1.54) is 36.4 Å². The molecule has 8 heteroatoms. The zero-order valence-electron chi connectivity index (χ0n) is 15.2. The van der Waals surface area contributed by atoms with Gasteiger partial charge in [-0.25, -0.2) is 13.2 Å². The number of unbranched alkanes of at least 4 members (excludes halogenated alkanes) is 1. The van der Waals surface area contributed by atoms with E-state index in [4.69, 9.17) is 21.1 Å². The number of sulfonamides is 1. The van der Waals surface area contributed by atoms with E-state index in [2.05, 4.69) is 4.72 Å². The van der Waals surface area contributed by atoms with E-state index in [1.54, 1.807) is 13.0 Å². The van der Waals surface area contributed by atoms with Gasteiger partial charge in [-0.1, -0.05) is 24.9 Å². The van der Waals surface area contributed by atoms with E-state index >= 15 is 0 Å². The standard InChI is InChI=1S/C19H22ClNO5S/c1-3-5-12-26-19(22)14-6-9-16(10-7-14)21-27(23,24)18-13-15(20)8-11-17(18)25-4-2/h6-11,13,21H,3-5,12H2,1-2H3. The fraction of sp³-hybridized carbons (Fsp3) is 0.316. The van der Waals surface area contributed by atoms with Crippen molar-refractivity contribution in [2.75, 3.05) is 17.9 Å². The molecule has 0 saturated carbocycles. The van der Waals surface area contributed by atoms with Crippen LogP contribution in [-0.4, -0.2) is 27.6 Å². The third kappa shape index (κ3) is 5.87. The molecule has 2 rings (SSSR count). The summed E-state index contributed by atoms with van der Waals surface area (Å²) in [7, 11) is -3.91. The summed E-state index contributed by atoms with van der Waals surface area (Å²) in [6.07, 6.45) is 1.73. The number of hydrogen-bond acceptors (Lipinski definition) is 5. The van der Waals surface area contributed by atoms with Gasteiger partial charge in [-0.2, -0.15) is 0 Å². The minimum atomic E-state index is -3.91. The number of hydrogen-bond donors (Lipinski definition) is 1. The second-order valence-corrected chi connectivity index (χ2v) is 7.78. The molecule has 0 fully saturated rings. The fourth-order valence-electron chi connectivity index (χ4n) is 2.24. The van der Waals surface area contributed by atoms with Crippen molar-refractivity contribution in [3.8, 4) is 5.75 Å². The molecule has 2 aromatic carbocycles. The van der Waals surface area contributed by atoms with Gasteiger partial charge in [0.15, 0.2) is 0 Å². The minimum absolute atomic E-state index is 0.0556. The van der Waals surface area contributed by atoms with Crippen LogP contribution in [0.3, 0.4) is 0 Å². The van der Waals surface area contributed by atoms with Crippen molar-refractivity contribution in [3.05, 3.63) is 53.1 Å². The van der Waals surface area contributed by atoms with E-state index in [0.717, 1.165) is 12.8 Å². The number of esters is 1. The maximum absolute atomic E-state index is 12.7. The van der Waals surface area contributed by atoms with Gasteiger partial charge in [0.1, 0.15) is 10.6 Å². The molecule has 0 aliphatic rings. The first-order chi connectivity index (χ1) is 12.9. The van der Waals surface area contributed by atoms with Crippen molar-refractivity contribution in [1.29, 1.82) is 0 Å². The zero-order chi connectivity index (χ0) is 19.9. The van der Waals surface area contributed by atoms with Crippen LogP contribution in [0.4, 0.5) is 5.69 Å². The first-order valence-corrected chi connectivity index (χ1v) is 10.5. The summed E-state index contributed by atoms with van der Waals surface area (Å²) in [6, 6.07) is 10.4. The van der Waals surface area contributed by atoms with Crippen LogP contribution in [-0.2, 0) is 14.8 Å². The number of benzene rings is 2. The summed E-state index contributed by atoms with van der Waals surface area (Å²) < 4.78 is 38.4. The summed E-state index contributed by atoms with van der Waals surface area (Å²) in [5, 5.41) is 0.281. The zero-order valence-corrected chi connectivity index (χ0v) is 16.8. The molecule has 0 amide bonds. The SMILES string of the molecule is CCCCOC(=O)c1ccc(NS(=O)(=O)c2cc(Cl)ccc2OCC)cc1. The smallest absolute Gasteiger partial charge is 0.338 e. The third-order valence-electron chi connectivity index (χ3n) is 3.60. The minimum Gasteiger partial charge on any atom is -0.492 e. The molecule has 0 bridgehead atoms. The lowest BCUT2D eigenvalue weighted by Crippen LogP contribution is -2.15. The van der Waals surface area contributed by atoms with Crippen LogP contribution < -0.4 is 9.46 Å². The van der Waals surface area contributed by atoms with E-state index in [-0.39, 0.29) is 15.7 Å². The number of ether oxygens (including phenoxy) is 2. The maximum Gasteiger partial charge on any atom is 0.338 e. The largest absolute Gasteiger partial charge is 0.492 e. The lowest BCUT2D eigenvalue weighted by Gasteiger charge is -2.13. The van der Waals surface area contributed by atoms with Gasteiger partial charge in [0.2, 0.25) is 0 Å². The van der Waals surface area contributed by atoms with Gasteiger partial charge in [0.05, 0.1) is 18.8 Å². The predicted octanol–water partition coefficient (Wildman–Crippen LogP) is 4.50. The second kappa shape index (κ2) is 9.62. The van der Waals surface area contributed by atoms with Gasteiger partial charge in [0.25, 0.3) is 10.0 Å². The van der Waals surface area contributed by atoms with Gasteiger partial charge in [0, 0.05) is 10.7 Å². The molecule has 0 saturated heterocycles. The fourth-order valence-corrected chi connectivity index (χ4v) is 3.71. The van der Waals surface area contributed by atoms with E-state index in [9.17, 15) is 13.2 Å². The Bertz CT molecular complexity index is 881. The Hall–Kier alpha value is -2.25. The van der Waals surface area contributed by atoms with E-state index in [0.29, 0.717) is 24.5 Å². The number of anilines is 1. The molecular weight excluding hydrogens is 390 g/mol. The van der Waals surface area contributed by atoms with Gasteiger partial charge in [-0.15, -0.1) is 0 Å². The summed E-state index contributed by atoms with van der Waals surface area (Å²) >= 11 is 5.93. The molecule has 0 atom stereocenters. The number of rotatable bonds is 9. The van der Waals surface area contributed by atoms with Crippen LogP contribution in [0.25, 0.3) is 0 Å². The van der Waals surface area contributed by atoms with Crippen molar-refractivity contribution in [2.45, 2.75) is 31.6 Å². The number of halogens is 1. The Balaban J connectivity index is 2.16. The van der Waals surface area contributed by atoms with Crippen molar-refractivity contribution >= 4 is 33.3 Å². The van der Waals surface area contributed by atoms with E-state index in [1.807, 2.05) is 6.92 Å². The van der Waals surface area contributed by atoms with Gasteiger partial charge >= 0.3 is 5.97 Å². The quantitative estimate of drug-likeness (QED) is 0.485. The Morgan fingerprint density at radius 3 is 2.44 bits per heavy atom. The summed E-state index contributed by atoms with van der Waals surface area (Å²) in [5.41, 5.74) is 0.661. The Morgan fingerprint density at radius 2 is 1.81 bits per heavy atom. The lowest BCUT2D eigenvalue weighted by atomic mass is 10.2. The predicted molar refractivity (Wildman–Crippen MR) is 105 cm³/mol. The second-order valence-electron chi connectivity index (χ2n) is 5.70. The highest BCUT2D eigenvalue weighted by molar-refractivity contribution is 7.92. The van der Waals surface area contributed by atoms with Crippen LogP contribution in [0.15, 0.2) is 47.4 Å². The molecule has 0 aliphatic heterocycles. The van der Waals surface area contributed by atoms with Crippen LogP contribution in [0.5, 0.6) is 5.75 Å². The molecule has 0 heterocycles. The maximum atomic E-state index is 12.7. The molecular formula is C19H22ClNO5S. The Labute approximate surface area is 164 Å². The summed E-state index contributed by atoms with van der Waals surface area (Å²) in [6.45, 7) is 4.44. The van der Waals surface area contributed by atoms with Gasteiger partial charge in [-0.05, 0) is 55.8 Å². The molecule has 0 aromatic heterocycles. The summed E-state index contributed by atoms with van der Waals surface area (Å²) in [5.74, 6) is -0.225. The molecule has 1 N–H and O–H groups in total. The number of carbonyl (C=O) groups is 1. The van der Waals surface area contributed by atoms with Crippen LogP contribution in [0.1, 0.15) is 37.0 Å². The normalized spacial score (nSPS) is 11.1. The van der Waals surface area contributed by atoms with Crippen molar-refractivity contribution in [2.24, 2.45) is 0 Å². The highest BCUT2D eigenvalue weighted by Gasteiger charge is 2.20. The topological polar surface area (TPSA) is 81.7 Å². The Morgan fingerprint density at radius 1 is 1.11 bits per heavy atom. The van der Waals surface area contributed by atoms with Crippen molar-refractivity contribution < 1.29 is 22.7 Å². The molecule has 0 radical (unpaired) electrons. The first kappa shape index (κ1) is 21.1. The van der Waals surface area contributed by atoms with Crippen LogP contribution >= 0.6 is 11.6 Å². The lowest BCUT2D eigenvalue weighted by molar-refractivity contribution is 0.0500. The highest BCUT2D eigenvalue weighted by Crippen LogP contribution is 2.29. The average Bonchev–Trinajstić information content (AvgIpc) is 2.63. The molecule has 2 aromatic rings. The number of carbonyl (C=O) groups excluding carboxylic acids is 1. The van der Waals surface area contributed by atoms with Gasteiger partial charge < -0.3 is 9.47 Å². The molecule has 6 nitrogen and oxygen atoms in total. The first-order valence-electron chi connectivity index (χ1n) is 8.59. The summed E-state index contributed by atoms with van der Waals surface area (Å²) in [4.78, 5) is 11.8. The number of nitrogens with one attached hydrogen (secondary N) is 1. The molecule has 27 heavy (non-hydrogen) atoms. The van der Waals surface area contributed by atoms with Crippen LogP contribution in [0.2, 0.25) is 5.02 Å². The molecule has 0 aliphatic carbocycles. The molecule has 0 spiro atoms. The van der Waals surface area contributed by atoms with Gasteiger partial charge in [-0.3, -0.25) is 4.72 Å². The van der Waals surface area contributed by atoms with Crippen molar-refractivity contribution in [3.63, 3.8) is 0 Å². The van der Waals surface area contributed by atoms with E-state index < -0.39 is 16.0 Å². The Kier molecular flexibility index (Phi) is 7.50. The third-order valence-corrected chi connectivity index (χ3v) is 5.24.